The van der Waals surface area contributed by atoms with Gasteiger partial charge >= 0.3 is 0 Å². The second kappa shape index (κ2) is 6.11. The third-order valence-electron chi connectivity index (χ3n) is 3.09. The number of anilines is 1. The maximum atomic E-state index is 12.3. The monoisotopic (exact) mass is 356 g/mol. The summed E-state index contributed by atoms with van der Waals surface area (Å²) in [7, 11) is 0. The van der Waals surface area contributed by atoms with Crippen molar-refractivity contribution in [2.45, 2.75) is 6.92 Å². The van der Waals surface area contributed by atoms with E-state index in [2.05, 4.69) is 31.3 Å². The number of carbonyl (C=O) groups excluding carboxylic acids is 1. The molecule has 0 aliphatic heterocycles. The number of benzene rings is 1. The Morgan fingerprint density at radius 3 is 2.64 bits per heavy atom. The number of nitrogens with one attached hydrogen (secondary N) is 1. The minimum Gasteiger partial charge on any atom is -0.305 e. The van der Waals surface area contributed by atoms with Crippen LogP contribution in [-0.2, 0) is 0 Å². The van der Waals surface area contributed by atoms with Crippen LogP contribution in [0.1, 0.15) is 16.2 Å². The Labute approximate surface area is 136 Å². The SMILES string of the molecule is Cc1cc(C(=O)Nc2ccc(Br)cn2)nn1-c1ccccc1. The molecule has 0 unspecified atom stereocenters. The van der Waals surface area contributed by atoms with Crippen molar-refractivity contribution in [1.29, 1.82) is 0 Å². The van der Waals surface area contributed by atoms with Crippen molar-refractivity contribution in [2.75, 3.05) is 5.32 Å². The van der Waals surface area contributed by atoms with Gasteiger partial charge in [-0.25, -0.2) is 9.67 Å². The van der Waals surface area contributed by atoms with Gasteiger partial charge in [-0.2, -0.15) is 5.10 Å². The molecule has 5 nitrogen and oxygen atoms in total. The first kappa shape index (κ1) is 14.5. The summed E-state index contributed by atoms with van der Waals surface area (Å²) >= 11 is 3.30. The molecule has 6 heteroatoms. The van der Waals surface area contributed by atoms with Crippen LogP contribution in [0.25, 0.3) is 5.69 Å². The molecule has 2 aromatic heterocycles. The summed E-state index contributed by atoms with van der Waals surface area (Å²) in [6.45, 7) is 1.91. The maximum absolute atomic E-state index is 12.3. The third kappa shape index (κ3) is 3.07. The number of nitrogens with zero attached hydrogens (tertiary/aromatic N) is 3. The largest absolute Gasteiger partial charge is 0.305 e. The van der Waals surface area contributed by atoms with Crippen LogP contribution in [0.15, 0.2) is 59.2 Å². The van der Waals surface area contributed by atoms with Gasteiger partial charge in [0.2, 0.25) is 0 Å². The van der Waals surface area contributed by atoms with Crippen LogP contribution in [-0.4, -0.2) is 20.7 Å². The van der Waals surface area contributed by atoms with E-state index in [0.717, 1.165) is 15.9 Å². The van der Waals surface area contributed by atoms with E-state index in [1.165, 1.54) is 0 Å². The standard InChI is InChI=1S/C16H13BrN4O/c1-11-9-14(20-21(11)13-5-3-2-4-6-13)16(22)19-15-8-7-12(17)10-18-15/h2-10H,1H3,(H,18,19,22). The van der Waals surface area contributed by atoms with E-state index in [9.17, 15) is 4.79 Å². The van der Waals surface area contributed by atoms with Gasteiger partial charge < -0.3 is 5.32 Å². The molecule has 0 bridgehead atoms. The van der Waals surface area contributed by atoms with Gasteiger partial charge in [-0.15, -0.1) is 0 Å². The van der Waals surface area contributed by atoms with E-state index >= 15 is 0 Å². The number of hydrogen-bond donors (Lipinski definition) is 1. The van der Waals surface area contributed by atoms with Crippen molar-refractivity contribution in [3.05, 3.63) is 70.6 Å². The predicted molar refractivity (Wildman–Crippen MR) is 88.2 cm³/mol. The maximum Gasteiger partial charge on any atom is 0.277 e. The van der Waals surface area contributed by atoms with Crippen LogP contribution < -0.4 is 5.32 Å². The molecular weight excluding hydrogens is 344 g/mol. The van der Waals surface area contributed by atoms with E-state index in [1.54, 1.807) is 23.0 Å². The second-order valence-electron chi connectivity index (χ2n) is 4.73. The van der Waals surface area contributed by atoms with E-state index in [4.69, 9.17) is 0 Å². The Hall–Kier alpha value is -2.47. The van der Waals surface area contributed by atoms with E-state index in [0.29, 0.717) is 11.5 Å². The zero-order valence-electron chi connectivity index (χ0n) is 11.8. The molecular formula is C16H13BrN4O. The summed E-state index contributed by atoms with van der Waals surface area (Å²) < 4.78 is 2.60. The molecule has 3 aromatic rings. The highest BCUT2D eigenvalue weighted by Gasteiger charge is 2.13. The normalized spacial score (nSPS) is 10.5. The molecule has 110 valence electrons. The van der Waals surface area contributed by atoms with Crippen molar-refractivity contribution in [3.63, 3.8) is 0 Å². The van der Waals surface area contributed by atoms with Gasteiger partial charge in [0.15, 0.2) is 5.69 Å². The first-order valence-electron chi connectivity index (χ1n) is 6.68. The number of halogens is 1. The predicted octanol–water partition coefficient (Wildman–Crippen LogP) is 3.59. The highest BCUT2D eigenvalue weighted by molar-refractivity contribution is 9.10. The summed E-state index contributed by atoms with van der Waals surface area (Å²) in [5, 5.41) is 7.09. The molecule has 0 spiro atoms. The van der Waals surface area contributed by atoms with Gasteiger partial charge in [0.25, 0.3) is 5.91 Å². The van der Waals surface area contributed by atoms with Gasteiger partial charge in [0.05, 0.1) is 5.69 Å². The summed E-state index contributed by atoms with van der Waals surface area (Å²) in [5.74, 6) is 0.202. The van der Waals surface area contributed by atoms with Crippen molar-refractivity contribution >= 4 is 27.7 Å². The van der Waals surface area contributed by atoms with Crippen LogP contribution in [0.2, 0.25) is 0 Å². The second-order valence-corrected chi connectivity index (χ2v) is 5.65. The lowest BCUT2D eigenvalue weighted by Gasteiger charge is -2.03. The van der Waals surface area contributed by atoms with Crippen LogP contribution in [0, 0.1) is 6.92 Å². The molecule has 0 aliphatic rings. The Morgan fingerprint density at radius 2 is 1.95 bits per heavy atom. The lowest BCUT2D eigenvalue weighted by molar-refractivity contribution is 0.102. The van der Waals surface area contributed by atoms with Crippen molar-refractivity contribution < 1.29 is 4.79 Å². The van der Waals surface area contributed by atoms with E-state index in [-0.39, 0.29) is 5.91 Å². The van der Waals surface area contributed by atoms with Gasteiger partial charge in [0.1, 0.15) is 5.82 Å². The number of aromatic nitrogens is 3. The summed E-state index contributed by atoms with van der Waals surface area (Å²) in [6, 6.07) is 15.0. The van der Waals surface area contributed by atoms with Gasteiger partial charge in [-0.3, -0.25) is 4.79 Å². The molecule has 0 fully saturated rings. The quantitative estimate of drug-likeness (QED) is 0.779. The first-order chi connectivity index (χ1) is 10.6. The Morgan fingerprint density at radius 1 is 1.18 bits per heavy atom. The zero-order chi connectivity index (χ0) is 15.5. The molecule has 0 atom stereocenters. The molecule has 1 N–H and O–H groups in total. The molecule has 0 aliphatic carbocycles. The van der Waals surface area contributed by atoms with Crippen molar-refractivity contribution in [3.8, 4) is 5.69 Å². The summed E-state index contributed by atoms with van der Waals surface area (Å²) in [4.78, 5) is 16.4. The highest BCUT2D eigenvalue weighted by Crippen LogP contribution is 2.14. The molecule has 2 heterocycles. The molecule has 0 saturated carbocycles. The van der Waals surface area contributed by atoms with E-state index in [1.807, 2.05) is 43.3 Å². The molecule has 1 aromatic carbocycles. The number of aryl methyl sites for hydroxylation is 1. The number of para-hydroxylation sites is 1. The van der Waals surface area contributed by atoms with E-state index < -0.39 is 0 Å². The average molecular weight is 357 g/mol. The fraction of sp³-hybridized carbons (Fsp3) is 0.0625. The fourth-order valence-corrected chi connectivity index (χ4v) is 2.28. The van der Waals surface area contributed by atoms with Gasteiger partial charge in [0, 0.05) is 16.4 Å². The number of pyridine rings is 1. The number of carbonyl (C=O) groups is 1. The molecule has 1 amide bonds. The molecule has 22 heavy (non-hydrogen) atoms. The van der Waals surface area contributed by atoms with Crippen LogP contribution >= 0.6 is 15.9 Å². The Kier molecular flexibility index (Phi) is 4.02. The molecule has 3 rings (SSSR count). The van der Waals surface area contributed by atoms with Crippen LogP contribution in [0.5, 0.6) is 0 Å². The molecule has 0 radical (unpaired) electrons. The topological polar surface area (TPSA) is 59.8 Å². The van der Waals surface area contributed by atoms with Crippen molar-refractivity contribution in [2.24, 2.45) is 0 Å². The number of rotatable bonds is 3. The van der Waals surface area contributed by atoms with Crippen LogP contribution in [0.4, 0.5) is 5.82 Å². The van der Waals surface area contributed by atoms with Gasteiger partial charge in [-0.1, -0.05) is 18.2 Å². The summed E-state index contributed by atoms with van der Waals surface area (Å²) in [6.07, 6.45) is 1.63. The lowest BCUT2D eigenvalue weighted by atomic mass is 10.3. The lowest BCUT2D eigenvalue weighted by Crippen LogP contribution is -2.14. The highest BCUT2D eigenvalue weighted by atomic mass is 79.9. The third-order valence-corrected chi connectivity index (χ3v) is 3.56. The van der Waals surface area contributed by atoms with Crippen LogP contribution in [0.3, 0.4) is 0 Å². The average Bonchev–Trinajstić information content (AvgIpc) is 2.92. The summed E-state index contributed by atoms with van der Waals surface area (Å²) in [5.41, 5.74) is 2.16. The van der Waals surface area contributed by atoms with Gasteiger partial charge in [-0.05, 0) is 53.2 Å². The molecule has 0 saturated heterocycles. The first-order valence-corrected chi connectivity index (χ1v) is 7.48. The zero-order valence-corrected chi connectivity index (χ0v) is 13.4. The fourth-order valence-electron chi connectivity index (χ4n) is 2.05. The Balaban J connectivity index is 1.83. The number of amides is 1. The minimum absolute atomic E-state index is 0.285. The smallest absolute Gasteiger partial charge is 0.277 e. The minimum atomic E-state index is -0.285. The Bertz CT molecular complexity index is 797. The van der Waals surface area contributed by atoms with Crippen molar-refractivity contribution in [1.82, 2.24) is 14.8 Å². The number of hydrogen-bond acceptors (Lipinski definition) is 3.